The molecule has 0 N–H and O–H groups in total. The Kier molecular flexibility index (Phi) is 4.44. The first-order valence-corrected chi connectivity index (χ1v) is 10.0. The number of rotatable bonds is 5. The fourth-order valence-corrected chi connectivity index (χ4v) is 4.13. The summed E-state index contributed by atoms with van der Waals surface area (Å²) in [5.74, 6) is 1.22. The second-order valence-electron chi connectivity index (χ2n) is 8.28. The summed E-state index contributed by atoms with van der Waals surface area (Å²) in [6.45, 7) is 4.31. The van der Waals surface area contributed by atoms with E-state index >= 15 is 0 Å². The van der Waals surface area contributed by atoms with Gasteiger partial charge >= 0.3 is 0 Å². The Bertz CT molecular complexity index is 870. The Morgan fingerprint density at radius 1 is 1.32 bits per heavy atom. The van der Waals surface area contributed by atoms with Gasteiger partial charge in [0.15, 0.2) is 5.69 Å². The van der Waals surface area contributed by atoms with Crippen molar-refractivity contribution in [1.29, 1.82) is 0 Å². The molecular formula is C21H25N3O4. The first-order valence-electron chi connectivity index (χ1n) is 10.0. The number of aryl methyl sites for hydroxylation is 1. The van der Waals surface area contributed by atoms with Crippen LogP contribution in [0.15, 0.2) is 28.8 Å². The summed E-state index contributed by atoms with van der Waals surface area (Å²) in [5, 5.41) is 3.96. The van der Waals surface area contributed by atoms with Crippen LogP contribution >= 0.6 is 0 Å². The number of hydrogen-bond donors (Lipinski definition) is 0. The standard InChI is InChI=1S/C21H25N3O4/c1-14-3-2-4-16(22-14)11-26-17-7-8-27-21(10-17)12-24(13-21)20(25)18-9-19(28-23-18)15-5-6-15/h2-4,9,15,17H,5-8,10-13H2,1H3/t17-/m0/s1. The van der Waals surface area contributed by atoms with Crippen molar-refractivity contribution in [3.05, 3.63) is 47.1 Å². The molecule has 0 aromatic carbocycles. The Morgan fingerprint density at radius 3 is 2.96 bits per heavy atom. The number of pyridine rings is 1. The van der Waals surface area contributed by atoms with Crippen molar-refractivity contribution in [1.82, 2.24) is 15.0 Å². The molecule has 1 atom stereocenters. The van der Waals surface area contributed by atoms with E-state index in [1.54, 1.807) is 11.0 Å². The molecule has 1 saturated carbocycles. The lowest BCUT2D eigenvalue weighted by molar-refractivity contribution is -0.188. The van der Waals surface area contributed by atoms with Gasteiger partial charge in [-0.05, 0) is 38.3 Å². The van der Waals surface area contributed by atoms with Crippen LogP contribution in [0.5, 0.6) is 0 Å². The van der Waals surface area contributed by atoms with Crippen LogP contribution in [0.1, 0.15) is 59.2 Å². The number of likely N-dealkylation sites (tertiary alicyclic amines) is 1. The predicted molar refractivity (Wildman–Crippen MR) is 99.8 cm³/mol. The molecule has 2 aromatic heterocycles. The van der Waals surface area contributed by atoms with E-state index in [1.807, 2.05) is 25.1 Å². The average Bonchev–Trinajstić information content (AvgIpc) is 3.41. The fraction of sp³-hybridized carbons (Fsp3) is 0.571. The molecule has 3 aliphatic rings. The van der Waals surface area contributed by atoms with Crippen molar-refractivity contribution in [3.63, 3.8) is 0 Å². The molecule has 0 bridgehead atoms. The van der Waals surface area contributed by atoms with Crippen molar-refractivity contribution >= 4 is 5.91 Å². The lowest BCUT2D eigenvalue weighted by Gasteiger charge is -2.52. The molecule has 1 amide bonds. The molecule has 28 heavy (non-hydrogen) atoms. The molecule has 3 fully saturated rings. The molecule has 2 saturated heterocycles. The lowest BCUT2D eigenvalue weighted by Crippen LogP contribution is -2.67. The molecule has 7 nitrogen and oxygen atoms in total. The average molecular weight is 383 g/mol. The Labute approximate surface area is 164 Å². The van der Waals surface area contributed by atoms with E-state index in [4.69, 9.17) is 14.0 Å². The van der Waals surface area contributed by atoms with Crippen LogP contribution in [0.3, 0.4) is 0 Å². The summed E-state index contributed by atoms with van der Waals surface area (Å²) in [4.78, 5) is 18.9. The molecule has 0 radical (unpaired) electrons. The molecule has 5 rings (SSSR count). The highest BCUT2D eigenvalue weighted by Gasteiger charge is 2.50. The quantitative estimate of drug-likeness (QED) is 0.790. The van der Waals surface area contributed by atoms with E-state index in [0.717, 1.165) is 42.8 Å². The molecule has 4 heterocycles. The van der Waals surface area contributed by atoms with Crippen LogP contribution in [-0.4, -0.2) is 52.3 Å². The zero-order valence-electron chi connectivity index (χ0n) is 16.1. The molecule has 0 unspecified atom stereocenters. The smallest absolute Gasteiger partial charge is 0.276 e. The van der Waals surface area contributed by atoms with Gasteiger partial charge in [-0.2, -0.15) is 0 Å². The van der Waals surface area contributed by atoms with Gasteiger partial charge in [0, 0.05) is 30.7 Å². The first kappa shape index (κ1) is 17.8. The monoisotopic (exact) mass is 383 g/mol. The Balaban J connectivity index is 1.15. The van der Waals surface area contributed by atoms with Gasteiger partial charge in [0.25, 0.3) is 5.91 Å². The topological polar surface area (TPSA) is 77.7 Å². The van der Waals surface area contributed by atoms with Gasteiger partial charge in [-0.3, -0.25) is 9.78 Å². The van der Waals surface area contributed by atoms with Crippen molar-refractivity contribution in [3.8, 4) is 0 Å². The van der Waals surface area contributed by atoms with E-state index < -0.39 is 0 Å². The normalized spacial score (nSPS) is 23.6. The van der Waals surface area contributed by atoms with Crippen LogP contribution in [0.25, 0.3) is 0 Å². The van der Waals surface area contributed by atoms with Crippen molar-refractivity contribution in [2.75, 3.05) is 19.7 Å². The van der Waals surface area contributed by atoms with Crippen LogP contribution in [-0.2, 0) is 16.1 Å². The summed E-state index contributed by atoms with van der Waals surface area (Å²) in [6.07, 6.45) is 4.05. The highest BCUT2D eigenvalue weighted by molar-refractivity contribution is 5.93. The van der Waals surface area contributed by atoms with E-state index in [2.05, 4.69) is 10.1 Å². The van der Waals surface area contributed by atoms with Gasteiger partial charge in [0.1, 0.15) is 11.4 Å². The maximum atomic E-state index is 12.6. The van der Waals surface area contributed by atoms with Crippen LogP contribution in [0, 0.1) is 6.92 Å². The van der Waals surface area contributed by atoms with E-state index in [0.29, 0.717) is 37.9 Å². The number of ether oxygens (including phenoxy) is 2. The Morgan fingerprint density at radius 2 is 2.18 bits per heavy atom. The molecule has 2 aromatic rings. The number of nitrogens with zero attached hydrogens (tertiary/aromatic N) is 3. The number of aromatic nitrogens is 2. The number of carbonyl (C=O) groups is 1. The molecule has 1 spiro atoms. The van der Waals surface area contributed by atoms with E-state index in [-0.39, 0.29) is 17.6 Å². The van der Waals surface area contributed by atoms with E-state index in [9.17, 15) is 4.79 Å². The Hall–Kier alpha value is -2.25. The molecule has 7 heteroatoms. The highest BCUT2D eigenvalue weighted by atomic mass is 16.5. The van der Waals surface area contributed by atoms with Crippen LogP contribution < -0.4 is 0 Å². The summed E-state index contributed by atoms with van der Waals surface area (Å²) in [5.41, 5.74) is 2.06. The maximum Gasteiger partial charge on any atom is 0.276 e. The minimum atomic E-state index is -0.290. The third-order valence-corrected chi connectivity index (χ3v) is 5.83. The van der Waals surface area contributed by atoms with Gasteiger partial charge in [-0.15, -0.1) is 0 Å². The minimum Gasteiger partial charge on any atom is -0.372 e. The van der Waals surface area contributed by atoms with Crippen molar-refractivity contribution in [2.24, 2.45) is 0 Å². The molecular weight excluding hydrogens is 358 g/mol. The largest absolute Gasteiger partial charge is 0.372 e. The van der Waals surface area contributed by atoms with Crippen LogP contribution in [0.2, 0.25) is 0 Å². The van der Waals surface area contributed by atoms with Gasteiger partial charge in [-0.1, -0.05) is 11.2 Å². The van der Waals surface area contributed by atoms with Gasteiger partial charge in [-0.25, -0.2) is 0 Å². The second-order valence-corrected chi connectivity index (χ2v) is 8.28. The zero-order chi connectivity index (χ0) is 19.1. The fourth-order valence-electron chi connectivity index (χ4n) is 4.13. The third-order valence-electron chi connectivity index (χ3n) is 5.83. The molecule has 148 valence electrons. The molecule has 1 aliphatic carbocycles. The SMILES string of the molecule is Cc1cccc(CO[C@H]2CCOC3(C2)CN(C(=O)c2cc(C4CC4)on2)C3)n1. The highest BCUT2D eigenvalue weighted by Crippen LogP contribution is 2.41. The van der Waals surface area contributed by atoms with Gasteiger partial charge < -0.3 is 18.9 Å². The van der Waals surface area contributed by atoms with Gasteiger partial charge in [0.05, 0.1) is 31.5 Å². The summed E-state index contributed by atoms with van der Waals surface area (Å²) in [6, 6.07) is 7.77. The van der Waals surface area contributed by atoms with Gasteiger partial charge in [0.2, 0.25) is 0 Å². The summed E-state index contributed by atoms with van der Waals surface area (Å²) < 4.78 is 17.4. The maximum absolute atomic E-state index is 12.6. The third kappa shape index (κ3) is 3.56. The van der Waals surface area contributed by atoms with E-state index in [1.165, 1.54) is 0 Å². The number of hydrogen-bond acceptors (Lipinski definition) is 6. The second kappa shape index (κ2) is 6.97. The summed E-state index contributed by atoms with van der Waals surface area (Å²) in [7, 11) is 0. The minimum absolute atomic E-state index is 0.0723. The first-order chi connectivity index (χ1) is 13.6. The molecule has 2 aliphatic heterocycles. The van der Waals surface area contributed by atoms with Crippen molar-refractivity contribution < 1.29 is 18.8 Å². The summed E-state index contributed by atoms with van der Waals surface area (Å²) >= 11 is 0. The zero-order valence-corrected chi connectivity index (χ0v) is 16.1. The predicted octanol–water partition coefficient (Wildman–Crippen LogP) is 2.85. The number of amides is 1. The lowest BCUT2D eigenvalue weighted by atomic mass is 9.84. The van der Waals surface area contributed by atoms with Crippen LogP contribution in [0.4, 0.5) is 0 Å². The number of carbonyl (C=O) groups excluding carboxylic acids is 1. The van der Waals surface area contributed by atoms with Crippen molar-refractivity contribution in [2.45, 2.75) is 56.8 Å².